The summed E-state index contributed by atoms with van der Waals surface area (Å²) in [6.45, 7) is 4.07. The molecule has 5 heteroatoms. The van der Waals surface area contributed by atoms with Crippen LogP contribution in [-0.2, 0) is 9.84 Å². The van der Waals surface area contributed by atoms with E-state index in [9.17, 15) is 12.8 Å². The molecule has 108 valence electrons. The number of anilines is 1. The first-order chi connectivity index (χ1) is 8.90. The lowest BCUT2D eigenvalue weighted by molar-refractivity contribution is 0.483. The summed E-state index contributed by atoms with van der Waals surface area (Å²) < 4.78 is 37.5. The Balaban J connectivity index is 2.90. The Kier molecular flexibility index (Phi) is 5.79. The lowest BCUT2D eigenvalue weighted by Crippen LogP contribution is -2.17. The molecule has 1 aromatic rings. The lowest BCUT2D eigenvalue weighted by Gasteiger charge is -2.15. The molecule has 3 nitrogen and oxygen atoms in total. The second-order valence-electron chi connectivity index (χ2n) is 4.88. The molecular weight excluding hydrogens is 265 g/mol. The monoisotopic (exact) mass is 287 g/mol. The molecule has 0 saturated carbocycles. The molecule has 2 N–H and O–H groups in total. The predicted molar refractivity (Wildman–Crippen MR) is 76.2 cm³/mol. The largest absolute Gasteiger partial charge is 0.398 e. The zero-order chi connectivity index (χ0) is 14.5. The molecule has 0 fully saturated rings. The van der Waals surface area contributed by atoms with Crippen molar-refractivity contribution < 1.29 is 12.8 Å². The maximum Gasteiger partial charge on any atom is 0.180 e. The van der Waals surface area contributed by atoms with Gasteiger partial charge in [0.15, 0.2) is 9.84 Å². The highest BCUT2D eigenvalue weighted by atomic mass is 32.2. The predicted octanol–water partition coefficient (Wildman–Crippen LogP) is 3.40. The van der Waals surface area contributed by atoms with Crippen molar-refractivity contribution in [3.63, 3.8) is 0 Å². The molecule has 1 unspecified atom stereocenters. The van der Waals surface area contributed by atoms with E-state index in [0.717, 1.165) is 37.8 Å². The van der Waals surface area contributed by atoms with Crippen LogP contribution < -0.4 is 5.73 Å². The Morgan fingerprint density at radius 2 is 2.00 bits per heavy atom. The van der Waals surface area contributed by atoms with Gasteiger partial charge in [-0.3, -0.25) is 0 Å². The van der Waals surface area contributed by atoms with Gasteiger partial charge in [0.2, 0.25) is 0 Å². The van der Waals surface area contributed by atoms with E-state index in [4.69, 9.17) is 5.73 Å². The molecule has 1 atom stereocenters. The van der Waals surface area contributed by atoms with Crippen LogP contribution in [0.3, 0.4) is 0 Å². The minimum atomic E-state index is -3.44. The molecule has 1 aromatic carbocycles. The fourth-order valence-electron chi connectivity index (χ4n) is 2.10. The zero-order valence-corrected chi connectivity index (χ0v) is 12.3. The standard InChI is InChI=1S/C14H22FNO2S/c1-3-5-6-11(4-2)10-19(17,18)14-8-7-12(15)9-13(14)16/h7-9,11H,3-6,10,16H2,1-2H3. The van der Waals surface area contributed by atoms with E-state index < -0.39 is 15.7 Å². The molecule has 0 bridgehead atoms. The molecule has 0 aliphatic carbocycles. The van der Waals surface area contributed by atoms with E-state index >= 15 is 0 Å². The molecule has 0 amide bonds. The van der Waals surface area contributed by atoms with Crippen molar-refractivity contribution in [1.29, 1.82) is 0 Å². The Morgan fingerprint density at radius 1 is 1.32 bits per heavy atom. The first kappa shape index (κ1) is 16.0. The molecule has 0 aromatic heterocycles. The van der Waals surface area contributed by atoms with E-state index in [1.807, 2.05) is 6.92 Å². The Labute approximate surface area is 114 Å². The summed E-state index contributed by atoms with van der Waals surface area (Å²) in [5, 5.41) is 0. The molecule has 1 rings (SSSR count). The molecular formula is C14H22FNO2S. The van der Waals surface area contributed by atoms with Gasteiger partial charge in [-0.1, -0.05) is 33.1 Å². The number of halogens is 1. The van der Waals surface area contributed by atoms with Gasteiger partial charge in [0.1, 0.15) is 5.82 Å². The summed E-state index contributed by atoms with van der Waals surface area (Å²) in [7, 11) is -3.44. The van der Waals surface area contributed by atoms with Crippen LogP contribution in [0.2, 0.25) is 0 Å². The van der Waals surface area contributed by atoms with Crippen LogP contribution in [0.5, 0.6) is 0 Å². The van der Waals surface area contributed by atoms with Gasteiger partial charge in [-0.25, -0.2) is 12.8 Å². The van der Waals surface area contributed by atoms with Crippen molar-refractivity contribution in [1.82, 2.24) is 0 Å². The van der Waals surface area contributed by atoms with Crippen LogP contribution in [0.1, 0.15) is 39.5 Å². The highest BCUT2D eigenvalue weighted by Gasteiger charge is 2.22. The summed E-state index contributed by atoms with van der Waals surface area (Å²) in [5.41, 5.74) is 5.60. The maximum atomic E-state index is 13.0. The van der Waals surface area contributed by atoms with Crippen LogP contribution in [0.4, 0.5) is 10.1 Å². The normalized spacial score (nSPS) is 13.4. The SMILES string of the molecule is CCCCC(CC)CS(=O)(=O)c1ccc(F)cc1N. The number of unbranched alkanes of at least 4 members (excludes halogenated alkanes) is 1. The summed E-state index contributed by atoms with van der Waals surface area (Å²) >= 11 is 0. The third-order valence-electron chi connectivity index (χ3n) is 3.31. The van der Waals surface area contributed by atoms with Crippen molar-refractivity contribution >= 4 is 15.5 Å². The second kappa shape index (κ2) is 6.89. The summed E-state index contributed by atoms with van der Waals surface area (Å²) in [6, 6.07) is 3.45. The van der Waals surface area contributed by atoms with Crippen molar-refractivity contribution in [2.75, 3.05) is 11.5 Å². The maximum absolute atomic E-state index is 13.0. The van der Waals surface area contributed by atoms with Gasteiger partial charge >= 0.3 is 0 Å². The van der Waals surface area contributed by atoms with Crippen LogP contribution in [0.25, 0.3) is 0 Å². The van der Waals surface area contributed by atoms with Crippen LogP contribution >= 0.6 is 0 Å². The smallest absolute Gasteiger partial charge is 0.180 e. The Hall–Kier alpha value is -1.10. The van der Waals surface area contributed by atoms with Crippen molar-refractivity contribution in [3.05, 3.63) is 24.0 Å². The van der Waals surface area contributed by atoms with Crippen molar-refractivity contribution in [3.8, 4) is 0 Å². The van der Waals surface area contributed by atoms with Crippen molar-refractivity contribution in [2.45, 2.75) is 44.4 Å². The fraction of sp³-hybridized carbons (Fsp3) is 0.571. The number of nitrogen functional groups attached to an aromatic ring is 1. The number of nitrogens with two attached hydrogens (primary N) is 1. The quantitative estimate of drug-likeness (QED) is 0.617. The van der Waals surface area contributed by atoms with Gasteiger partial charge in [0.25, 0.3) is 0 Å². The van der Waals surface area contributed by atoms with E-state index in [1.54, 1.807) is 0 Å². The number of hydrogen-bond acceptors (Lipinski definition) is 3. The van der Waals surface area contributed by atoms with Gasteiger partial charge in [-0.05, 0) is 30.5 Å². The Bertz CT molecular complexity index is 514. The second-order valence-corrected chi connectivity index (χ2v) is 6.88. The topological polar surface area (TPSA) is 60.2 Å². The number of sulfone groups is 1. The number of hydrogen-bond donors (Lipinski definition) is 1. The first-order valence-corrected chi connectivity index (χ1v) is 8.33. The zero-order valence-electron chi connectivity index (χ0n) is 11.5. The minimum absolute atomic E-state index is 0.00894. The number of rotatable bonds is 7. The van der Waals surface area contributed by atoms with Gasteiger partial charge in [0, 0.05) is 0 Å². The summed E-state index contributed by atoms with van der Waals surface area (Å²) in [6.07, 6.45) is 3.79. The van der Waals surface area contributed by atoms with Gasteiger partial charge < -0.3 is 5.73 Å². The molecule has 0 heterocycles. The molecule has 0 aliphatic heterocycles. The molecule has 0 spiro atoms. The van der Waals surface area contributed by atoms with E-state index in [-0.39, 0.29) is 22.3 Å². The minimum Gasteiger partial charge on any atom is -0.398 e. The average molecular weight is 287 g/mol. The summed E-state index contributed by atoms with van der Waals surface area (Å²) in [4.78, 5) is 0.0452. The van der Waals surface area contributed by atoms with Gasteiger partial charge in [-0.2, -0.15) is 0 Å². The highest BCUT2D eigenvalue weighted by molar-refractivity contribution is 7.91. The van der Waals surface area contributed by atoms with E-state index in [2.05, 4.69) is 6.92 Å². The van der Waals surface area contributed by atoms with Crippen LogP contribution in [0.15, 0.2) is 23.1 Å². The number of benzene rings is 1. The van der Waals surface area contributed by atoms with Crippen LogP contribution in [-0.4, -0.2) is 14.2 Å². The summed E-state index contributed by atoms with van der Waals surface area (Å²) in [5.74, 6) is -0.303. The van der Waals surface area contributed by atoms with Gasteiger partial charge in [0.05, 0.1) is 16.3 Å². The third-order valence-corrected chi connectivity index (χ3v) is 5.26. The third kappa shape index (κ3) is 4.49. The average Bonchev–Trinajstić information content (AvgIpc) is 2.33. The molecule has 0 radical (unpaired) electrons. The van der Waals surface area contributed by atoms with E-state index in [0.29, 0.717) is 0 Å². The lowest BCUT2D eigenvalue weighted by atomic mass is 10.0. The van der Waals surface area contributed by atoms with Gasteiger partial charge in [-0.15, -0.1) is 0 Å². The molecule has 19 heavy (non-hydrogen) atoms. The van der Waals surface area contributed by atoms with Crippen LogP contribution in [0, 0.1) is 11.7 Å². The van der Waals surface area contributed by atoms with Crippen molar-refractivity contribution in [2.24, 2.45) is 5.92 Å². The molecule has 0 saturated heterocycles. The molecule has 0 aliphatic rings. The fourth-order valence-corrected chi connectivity index (χ4v) is 4.00. The van der Waals surface area contributed by atoms with E-state index in [1.165, 1.54) is 6.07 Å². The Morgan fingerprint density at radius 3 is 2.53 bits per heavy atom. The highest BCUT2D eigenvalue weighted by Crippen LogP contribution is 2.24. The first-order valence-electron chi connectivity index (χ1n) is 6.68.